The summed E-state index contributed by atoms with van der Waals surface area (Å²) in [5.41, 5.74) is 2.09. The summed E-state index contributed by atoms with van der Waals surface area (Å²) in [6.45, 7) is 2.48. The lowest BCUT2D eigenvalue weighted by Crippen LogP contribution is -2.31. The second kappa shape index (κ2) is 6.76. The van der Waals surface area contributed by atoms with Crippen molar-refractivity contribution in [3.8, 4) is 0 Å². The van der Waals surface area contributed by atoms with E-state index >= 15 is 0 Å². The molecule has 98 valence electrons. The first-order valence-corrected chi connectivity index (χ1v) is 5.69. The van der Waals surface area contributed by atoms with Crippen molar-refractivity contribution in [2.24, 2.45) is 0 Å². The summed E-state index contributed by atoms with van der Waals surface area (Å²) in [4.78, 5) is 22.9. The van der Waals surface area contributed by atoms with Gasteiger partial charge in [-0.1, -0.05) is 24.3 Å². The van der Waals surface area contributed by atoms with Crippen molar-refractivity contribution in [1.82, 2.24) is 4.90 Å². The molecule has 1 aromatic carbocycles. The van der Waals surface area contributed by atoms with Crippen LogP contribution in [0.25, 0.3) is 0 Å². The summed E-state index contributed by atoms with van der Waals surface area (Å²) in [6.07, 6.45) is -0.0564. The van der Waals surface area contributed by atoms with Gasteiger partial charge in [-0.15, -0.1) is 0 Å². The molecule has 0 radical (unpaired) electrons. The van der Waals surface area contributed by atoms with E-state index in [1.54, 1.807) is 4.90 Å². The zero-order chi connectivity index (χ0) is 13.5. The van der Waals surface area contributed by atoms with Crippen LogP contribution >= 0.6 is 0 Å². The molecule has 0 saturated carbocycles. The topological polar surface area (TPSA) is 77.8 Å². The summed E-state index contributed by atoms with van der Waals surface area (Å²) in [6, 6.07) is 7.67. The quantitative estimate of drug-likeness (QED) is 0.765. The van der Waals surface area contributed by atoms with Crippen molar-refractivity contribution in [2.75, 3.05) is 13.1 Å². The molecule has 18 heavy (non-hydrogen) atoms. The van der Waals surface area contributed by atoms with Crippen LogP contribution in [0.4, 0.5) is 0 Å². The van der Waals surface area contributed by atoms with Crippen molar-refractivity contribution in [3.05, 3.63) is 35.4 Å². The summed E-state index contributed by atoms with van der Waals surface area (Å²) in [5, 5.41) is 17.5. The lowest BCUT2D eigenvalue weighted by molar-refractivity contribution is -0.141. The Kier molecular flexibility index (Phi) is 5.32. The number of aliphatic carboxylic acids is 2. The molecule has 1 rings (SSSR count). The van der Waals surface area contributed by atoms with E-state index in [4.69, 9.17) is 10.2 Å². The normalized spacial score (nSPS) is 10.6. The highest BCUT2D eigenvalue weighted by atomic mass is 16.4. The number of carbonyl (C=O) groups is 2. The Morgan fingerprint density at radius 1 is 1.17 bits per heavy atom. The molecule has 5 nitrogen and oxygen atoms in total. The number of carboxylic acids is 2. The van der Waals surface area contributed by atoms with Gasteiger partial charge in [0.05, 0.1) is 13.0 Å². The number of rotatable bonds is 7. The van der Waals surface area contributed by atoms with Gasteiger partial charge in [0.15, 0.2) is 0 Å². The molecule has 2 N–H and O–H groups in total. The molecule has 0 heterocycles. The largest absolute Gasteiger partial charge is 0.481 e. The SMILES string of the molecule is Cc1ccccc1CN(CCC(=O)O)CC(=O)O. The van der Waals surface area contributed by atoms with Gasteiger partial charge in [-0.2, -0.15) is 0 Å². The van der Waals surface area contributed by atoms with Gasteiger partial charge in [-0.05, 0) is 18.1 Å². The molecule has 5 heteroatoms. The van der Waals surface area contributed by atoms with Crippen LogP contribution in [-0.4, -0.2) is 40.1 Å². The van der Waals surface area contributed by atoms with E-state index in [9.17, 15) is 9.59 Å². The van der Waals surface area contributed by atoms with E-state index in [1.165, 1.54) is 0 Å². The Hall–Kier alpha value is -1.88. The molecule has 0 aliphatic rings. The number of hydrogen-bond acceptors (Lipinski definition) is 3. The predicted molar refractivity (Wildman–Crippen MR) is 66.3 cm³/mol. The number of hydrogen-bond donors (Lipinski definition) is 2. The first-order valence-electron chi connectivity index (χ1n) is 5.69. The molecule has 0 fully saturated rings. The molecular weight excluding hydrogens is 234 g/mol. The van der Waals surface area contributed by atoms with E-state index in [0.29, 0.717) is 6.54 Å². The highest BCUT2D eigenvalue weighted by molar-refractivity contribution is 5.69. The van der Waals surface area contributed by atoms with E-state index in [1.807, 2.05) is 31.2 Å². The van der Waals surface area contributed by atoms with E-state index in [0.717, 1.165) is 11.1 Å². The maximum absolute atomic E-state index is 10.7. The molecule has 0 aliphatic heterocycles. The smallest absolute Gasteiger partial charge is 0.317 e. The molecule has 0 saturated heterocycles. The monoisotopic (exact) mass is 251 g/mol. The Bertz CT molecular complexity index is 431. The third-order valence-corrected chi connectivity index (χ3v) is 2.66. The molecular formula is C13H17NO4. The average Bonchev–Trinajstić information content (AvgIpc) is 2.28. The second-order valence-corrected chi connectivity index (χ2v) is 4.17. The number of nitrogens with zero attached hydrogens (tertiary/aromatic N) is 1. The highest BCUT2D eigenvalue weighted by Gasteiger charge is 2.12. The number of carboxylic acid groups (broad SMARTS) is 2. The van der Waals surface area contributed by atoms with E-state index in [2.05, 4.69) is 0 Å². The zero-order valence-corrected chi connectivity index (χ0v) is 10.3. The highest BCUT2D eigenvalue weighted by Crippen LogP contribution is 2.10. The molecule has 1 aromatic rings. The fourth-order valence-corrected chi connectivity index (χ4v) is 1.69. The minimum atomic E-state index is -0.950. The van der Waals surface area contributed by atoms with Crippen LogP contribution in [0.1, 0.15) is 17.5 Å². The third kappa shape index (κ3) is 4.97. The third-order valence-electron chi connectivity index (χ3n) is 2.66. The van der Waals surface area contributed by atoms with Crippen LogP contribution in [0.5, 0.6) is 0 Å². The van der Waals surface area contributed by atoms with E-state index < -0.39 is 11.9 Å². The summed E-state index contributed by atoms with van der Waals surface area (Å²) in [5.74, 6) is -1.87. The maximum atomic E-state index is 10.7. The number of benzene rings is 1. The van der Waals surface area contributed by atoms with Gasteiger partial charge >= 0.3 is 11.9 Å². The van der Waals surface area contributed by atoms with Gasteiger partial charge in [0, 0.05) is 13.1 Å². The first kappa shape index (κ1) is 14.2. The van der Waals surface area contributed by atoms with Crippen molar-refractivity contribution in [3.63, 3.8) is 0 Å². The maximum Gasteiger partial charge on any atom is 0.317 e. The van der Waals surface area contributed by atoms with Crippen molar-refractivity contribution < 1.29 is 19.8 Å². The Labute approximate surface area is 106 Å². The van der Waals surface area contributed by atoms with Crippen molar-refractivity contribution in [1.29, 1.82) is 0 Å². The van der Waals surface area contributed by atoms with Gasteiger partial charge in [-0.3, -0.25) is 14.5 Å². The molecule has 0 amide bonds. The van der Waals surface area contributed by atoms with Crippen molar-refractivity contribution in [2.45, 2.75) is 19.9 Å². The van der Waals surface area contributed by atoms with Crippen LogP contribution in [-0.2, 0) is 16.1 Å². The lowest BCUT2D eigenvalue weighted by Gasteiger charge is -2.20. The standard InChI is InChI=1S/C13H17NO4/c1-10-4-2-3-5-11(10)8-14(9-13(17)18)7-6-12(15)16/h2-5H,6-9H2,1H3,(H,15,16)(H,17,18). The fourth-order valence-electron chi connectivity index (χ4n) is 1.69. The molecule has 0 aromatic heterocycles. The van der Waals surface area contributed by atoms with Gasteiger partial charge in [0.1, 0.15) is 0 Å². The van der Waals surface area contributed by atoms with E-state index in [-0.39, 0.29) is 19.5 Å². The summed E-state index contributed by atoms with van der Waals surface area (Å²) in [7, 11) is 0. The van der Waals surface area contributed by atoms with Gasteiger partial charge in [0.25, 0.3) is 0 Å². The minimum Gasteiger partial charge on any atom is -0.481 e. The van der Waals surface area contributed by atoms with Gasteiger partial charge in [0.2, 0.25) is 0 Å². The van der Waals surface area contributed by atoms with Gasteiger partial charge in [-0.25, -0.2) is 0 Å². The average molecular weight is 251 g/mol. The minimum absolute atomic E-state index is 0.0564. The lowest BCUT2D eigenvalue weighted by atomic mass is 10.1. The van der Waals surface area contributed by atoms with Crippen molar-refractivity contribution >= 4 is 11.9 Å². The summed E-state index contributed by atoms with van der Waals surface area (Å²) < 4.78 is 0. The fraction of sp³-hybridized carbons (Fsp3) is 0.385. The molecule has 0 spiro atoms. The Balaban J connectivity index is 2.68. The van der Waals surface area contributed by atoms with Crippen LogP contribution in [0, 0.1) is 6.92 Å². The van der Waals surface area contributed by atoms with Crippen LogP contribution in [0.2, 0.25) is 0 Å². The molecule has 0 unspecified atom stereocenters. The molecule has 0 atom stereocenters. The molecule has 0 aliphatic carbocycles. The Morgan fingerprint density at radius 3 is 2.39 bits per heavy atom. The van der Waals surface area contributed by atoms with Crippen LogP contribution in [0.3, 0.4) is 0 Å². The van der Waals surface area contributed by atoms with Crippen LogP contribution < -0.4 is 0 Å². The van der Waals surface area contributed by atoms with Crippen LogP contribution in [0.15, 0.2) is 24.3 Å². The predicted octanol–water partition coefficient (Wildman–Crippen LogP) is 1.36. The number of aryl methyl sites for hydroxylation is 1. The zero-order valence-electron chi connectivity index (χ0n) is 10.3. The summed E-state index contributed by atoms with van der Waals surface area (Å²) >= 11 is 0. The first-order chi connectivity index (χ1) is 8.49. The Morgan fingerprint density at radius 2 is 1.83 bits per heavy atom. The van der Waals surface area contributed by atoms with Gasteiger partial charge < -0.3 is 10.2 Å². The second-order valence-electron chi connectivity index (χ2n) is 4.17. The molecule has 0 bridgehead atoms.